The largest absolute Gasteiger partial charge is 0.469 e. The second-order valence-electron chi connectivity index (χ2n) is 2.71. The molecule has 5 heteroatoms. The maximum absolute atomic E-state index is 10.9. The number of esters is 1. The van der Waals surface area contributed by atoms with E-state index in [2.05, 4.69) is 10.1 Å². The van der Waals surface area contributed by atoms with Gasteiger partial charge in [-0.2, -0.15) is 0 Å². The van der Waals surface area contributed by atoms with E-state index in [1.807, 2.05) is 0 Å². The number of hydrogen-bond donors (Lipinski definition) is 1. The number of hydrogen-bond acceptors (Lipinski definition) is 4. The molecule has 0 aromatic carbocycles. The summed E-state index contributed by atoms with van der Waals surface area (Å²) in [4.78, 5) is 32.3. The van der Waals surface area contributed by atoms with Gasteiger partial charge in [0.05, 0.1) is 7.11 Å². The average Bonchev–Trinajstić information content (AvgIpc) is 2.22. The number of rotatable bonds is 6. The molecular weight excluding hydrogens is 186 g/mol. The molecule has 14 heavy (non-hydrogen) atoms. The lowest BCUT2D eigenvalue weighted by molar-refractivity contribution is -0.141. The smallest absolute Gasteiger partial charge is 0.305 e. The Bertz CT molecular complexity index is 225. The molecule has 0 aliphatic heterocycles. The molecule has 0 radical (unpaired) electrons. The fraction of sp³-hybridized carbons (Fsp3) is 0.667. The molecule has 0 aliphatic rings. The van der Waals surface area contributed by atoms with Gasteiger partial charge in [-0.3, -0.25) is 14.4 Å². The molecule has 1 N–H and O–H groups in total. The summed E-state index contributed by atoms with van der Waals surface area (Å²) in [6.45, 7) is 1.94. The van der Waals surface area contributed by atoms with Gasteiger partial charge in [-0.15, -0.1) is 0 Å². The fourth-order valence-corrected chi connectivity index (χ4v) is 0.796. The zero-order chi connectivity index (χ0) is 11.0. The van der Waals surface area contributed by atoms with E-state index in [4.69, 9.17) is 0 Å². The molecule has 1 amide bonds. The van der Waals surface area contributed by atoms with Crippen LogP contribution < -0.4 is 5.32 Å². The van der Waals surface area contributed by atoms with Crippen LogP contribution in [0.3, 0.4) is 0 Å². The van der Waals surface area contributed by atoms with Gasteiger partial charge in [0.15, 0.2) is 0 Å². The van der Waals surface area contributed by atoms with Gasteiger partial charge < -0.3 is 10.1 Å². The van der Waals surface area contributed by atoms with Crippen molar-refractivity contribution in [1.29, 1.82) is 0 Å². The first-order valence-corrected chi connectivity index (χ1v) is 4.49. The Balaban J connectivity index is 3.50. The number of methoxy groups -OCH3 is 1. The van der Waals surface area contributed by atoms with Gasteiger partial charge in [0.1, 0.15) is 0 Å². The predicted octanol–water partition coefficient (Wildman–Crippen LogP) is 0.0349. The van der Waals surface area contributed by atoms with E-state index < -0.39 is 11.7 Å². The Kier molecular flexibility index (Phi) is 6.36. The minimum atomic E-state index is -0.586. The molecule has 0 fully saturated rings. The maximum Gasteiger partial charge on any atom is 0.305 e. The number of ketones is 1. The molecule has 0 bridgehead atoms. The summed E-state index contributed by atoms with van der Waals surface area (Å²) in [5.41, 5.74) is 0. The highest BCUT2D eigenvalue weighted by atomic mass is 16.5. The second-order valence-corrected chi connectivity index (χ2v) is 2.71. The zero-order valence-electron chi connectivity index (χ0n) is 8.46. The molecule has 80 valence electrons. The normalized spacial score (nSPS) is 9.29. The third-order valence-electron chi connectivity index (χ3n) is 1.65. The Labute approximate surface area is 82.8 Å². The van der Waals surface area contributed by atoms with Crippen molar-refractivity contribution in [2.45, 2.75) is 26.2 Å². The standard InChI is InChI=1S/C9H15NO4/c1-3-7(11)9(13)10-6-4-5-8(12)14-2/h3-6H2,1-2H3,(H,10,13). The summed E-state index contributed by atoms with van der Waals surface area (Å²) in [6, 6.07) is 0. The van der Waals surface area contributed by atoms with E-state index in [9.17, 15) is 14.4 Å². The first kappa shape index (κ1) is 12.6. The number of amides is 1. The Hall–Kier alpha value is -1.39. The third-order valence-corrected chi connectivity index (χ3v) is 1.65. The lowest BCUT2D eigenvalue weighted by Crippen LogP contribution is -2.31. The second kappa shape index (κ2) is 7.06. The lowest BCUT2D eigenvalue weighted by atomic mass is 10.2. The van der Waals surface area contributed by atoms with Crippen molar-refractivity contribution in [2.24, 2.45) is 0 Å². The van der Waals surface area contributed by atoms with Crippen molar-refractivity contribution < 1.29 is 19.1 Å². The van der Waals surface area contributed by atoms with Crippen LogP contribution in [0.1, 0.15) is 26.2 Å². The summed E-state index contributed by atoms with van der Waals surface area (Å²) in [7, 11) is 1.31. The molecule has 0 heterocycles. The van der Waals surface area contributed by atoms with E-state index in [0.717, 1.165) is 0 Å². The van der Waals surface area contributed by atoms with Crippen LogP contribution in [0.4, 0.5) is 0 Å². The summed E-state index contributed by atoms with van der Waals surface area (Å²) in [5, 5.41) is 2.42. The monoisotopic (exact) mass is 201 g/mol. The molecule has 0 spiro atoms. The lowest BCUT2D eigenvalue weighted by Gasteiger charge is -2.02. The van der Waals surface area contributed by atoms with Gasteiger partial charge in [-0.25, -0.2) is 0 Å². The Morgan fingerprint density at radius 1 is 1.29 bits per heavy atom. The van der Waals surface area contributed by atoms with E-state index in [0.29, 0.717) is 13.0 Å². The van der Waals surface area contributed by atoms with Crippen molar-refractivity contribution >= 4 is 17.7 Å². The van der Waals surface area contributed by atoms with Crippen molar-refractivity contribution in [3.63, 3.8) is 0 Å². The number of carbonyl (C=O) groups is 3. The molecular formula is C9H15NO4. The highest BCUT2D eigenvalue weighted by Gasteiger charge is 2.09. The number of ether oxygens (including phenoxy) is 1. The van der Waals surface area contributed by atoms with Gasteiger partial charge in [0.25, 0.3) is 5.91 Å². The third kappa shape index (κ3) is 5.29. The van der Waals surface area contributed by atoms with Crippen LogP contribution >= 0.6 is 0 Å². The summed E-state index contributed by atoms with van der Waals surface area (Å²) >= 11 is 0. The van der Waals surface area contributed by atoms with Gasteiger partial charge in [0.2, 0.25) is 5.78 Å². The molecule has 0 aromatic heterocycles. The van der Waals surface area contributed by atoms with Gasteiger partial charge >= 0.3 is 5.97 Å². The Morgan fingerprint density at radius 3 is 2.43 bits per heavy atom. The topological polar surface area (TPSA) is 72.5 Å². The highest BCUT2D eigenvalue weighted by Crippen LogP contribution is 1.90. The molecule has 0 aliphatic carbocycles. The van der Waals surface area contributed by atoms with Crippen LogP contribution in [-0.4, -0.2) is 31.3 Å². The molecule has 0 atom stereocenters. The molecule has 0 aromatic rings. The average molecular weight is 201 g/mol. The maximum atomic E-state index is 10.9. The first-order chi connectivity index (χ1) is 6.61. The predicted molar refractivity (Wildman–Crippen MR) is 49.6 cm³/mol. The van der Waals surface area contributed by atoms with Gasteiger partial charge in [-0.05, 0) is 6.42 Å². The highest BCUT2D eigenvalue weighted by molar-refractivity contribution is 6.36. The molecule has 0 saturated carbocycles. The first-order valence-electron chi connectivity index (χ1n) is 4.49. The van der Waals surface area contributed by atoms with Crippen LogP contribution in [0.15, 0.2) is 0 Å². The van der Waals surface area contributed by atoms with Crippen molar-refractivity contribution in [2.75, 3.05) is 13.7 Å². The van der Waals surface area contributed by atoms with Gasteiger partial charge in [0, 0.05) is 19.4 Å². The number of nitrogens with one attached hydrogen (secondary N) is 1. The van der Waals surface area contributed by atoms with Crippen molar-refractivity contribution in [3.8, 4) is 0 Å². The summed E-state index contributed by atoms with van der Waals surface area (Å²) < 4.78 is 4.41. The van der Waals surface area contributed by atoms with Crippen molar-refractivity contribution in [1.82, 2.24) is 5.32 Å². The van der Waals surface area contributed by atoms with Crippen LogP contribution in [0, 0.1) is 0 Å². The van der Waals surface area contributed by atoms with Crippen LogP contribution in [0.5, 0.6) is 0 Å². The van der Waals surface area contributed by atoms with E-state index >= 15 is 0 Å². The Morgan fingerprint density at radius 2 is 1.93 bits per heavy atom. The molecule has 0 saturated heterocycles. The summed E-state index contributed by atoms with van der Waals surface area (Å²) in [5.74, 6) is -1.35. The number of Topliss-reactive ketones (excluding diaryl/α,β-unsaturated/α-hetero) is 1. The molecule has 5 nitrogen and oxygen atoms in total. The van der Waals surface area contributed by atoms with Crippen LogP contribution in [0.25, 0.3) is 0 Å². The quantitative estimate of drug-likeness (QED) is 0.374. The van der Waals surface area contributed by atoms with Crippen LogP contribution in [-0.2, 0) is 19.1 Å². The van der Waals surface area contributed by atoms with Crippen molar-refractivity contribution in [3.05, 3.63) is 0 Å². The minimum Gasteiger partial charge on any atom is -0.469 e. The fourth-order valence-electron chi connectivity index (χ4n) is 0.796. The van der Waals surface area contributed by atoms with Gasteiger partial charge in [-0.1, -0.05) is 6.92 Å². The van der Waals surface area contributed by atoms with E-state index in [1.165, 1.54) is 7.11 Å². The summed E-state index contributed by atoms with van der Waals surface area (Å²) in [6.07, 6.45) is 0.926. The number of carbonyl (C=O) groups excluding carboxylic acids is 3. The molecule has 0 unspecified atom stereocenters. The zero-order valence-corrected chi connectivity index (χ0v) is 8.46. The van der Waals surface area contributed by atoms with Crippen LogP contribution in [0.2, 0.25) is 0 Å². The SMILES string of the molecule is CCC(=O)C(=O)NCCCC(=O)OC. The molecule has 0 rings (SSSR count). The van der Waals surface area contributed by atoms with E-state index in [1.54, 1.807) is 6.92 Å². The van der Waals surface area contributed by atoms with E-state index in [-0.39, 0.29) is 18.8 Å². The minimum absolute atomic E-state index is 0.197.